The Morgan fingerprint density at radius 2 is 1.94 bits per heavy atom. The average molecular weight is 429 g/mol. The van der Waals surface area contributed by atoms with Gasteiger partial charge in [0, 0.05) is 42.3 Å². The van der Waals surface area contributed by atoms with Gasteiger partial charge in [0.15, 0.2) is 5.82 Å². The maximum absolute atomic E-state index is 13.3. The van der Waals surface area contributed by atoms with E-state index in [-0.39, 0.29) is 17.6 Å². The number of ketones is 1. The number of carbonyl (C=O) groups excluding carboxylic acids is 2. The number of pyridine rings is 1. The van der Waals surface area contributed by atoms with E-state index >= 15 is 0 Å². The Hall–Kier alpha value is -3.81. The van der Waals surface area contributed by atoms with Crippen molar-refractivity contribution in [3.8, 4) is 0 Å². The summed E-state index contributed by atoms with van der Waals surface area (Å²) in [4.78, 5) is 34.6. The lowest BCUT2D eigenvalue weighted by Gasteiger charge is -2.10. The lowest BCUT2D eigenvalue weighted by Crippen LogP contribution is -2.14. The predicted octanol–water partition coefficient (Wildman–Crippen LogP) is 4.44. The van der Waals surface area contributed by atoms with Crippen LogP contribution in [0.3, 0.4) is 0 Å². The van der Waals surface area contributed by atoms with Crippen molar-refractivity contribution in [3.63, 3.8) is 0 Å². The van der Waals surface area contributed by atoms with E-state index in [9.17, 15) is 9.59 Å². The molecular weight excluding hydrogens is 406 g/mol. The standard InChI is InChI=1S/C24H23N5O3/c1-13(2)20-19-17(12-18(14-4-5-14)27-24(19)32-28-20)23(31)26-16-8-6-15(7-9-16)21(30)22-25-10-11-29(22)3/h6-14H,4-5H2,1-3H3,(H,26,31). The topological polar surface area (TPSA) is 103 Å². The minimum Gasteiger partial charge on any atom is -0.335 e. The number of anilines is 1. The molecular formula is C24H23N5O3. The molecule has 0 spiro atoms. The molecule has 5 rings (SSSR count). The van der Waals surface area contributed by atoms with Gasteiger partial charge < -0.3 is 14.4 Å². The number of benzene rings is 1. The number of amides is 1. The van der Waals surface area contributed by atoms with E-state index in [1.165, 1.54) is 0 Å². The molecule has 8 nitrogen and oxygen atoms in total. The highest BCUT2D eigenvalue weighted by Gasteiger charge is 2.29. The third kappa shape index (κ3) is 3.57. The molecule has 1 saturated carbocycles. The molecule has 32 heavy (non-hydrogen) atoms. The van der Waals surface area contributed by atoms with Crippen LogP contribution in [-0.4, -0.2) is 31.4 Å². The number of rotatable bonds is 6. The minimum absolute atomic E-state index is 0.0905. The molecule has 0 aliphatic heterocycles. The Morgan fingerprint density at radius 1 is 1.19 bits per heavy atom. The molecule has 1 fully saturated rings. The quantitative estimate of drug-likeness (QED) is 0.455. The number of aromatic nitrogens is 4. The molecule has 1 N–H and O–H groups in total. The first-order chi connectivity index (χ1) is 15.4. The van der Waals surface area contributed by atoms with Crippen molar-refractivity contribution in [3.05, 3.63) is 71.1 Å². The van der Waals surface area contributed by atoms with Crippen LogP contribution in [0.25, 0.3) is 11.1 Å². The van der Waals surface area contributed by atoms with Crippen LogP contribution in [0.1, 0.15) is 76.5 Å². The first kappa shape index (κ1) is 20.1. The fraction of sp³-hybridized carbons (Fsp3) is 0.292. The number of carbonyl (C=O) groups is 2. The summed E-state index contributed by atoms with van der Waals surface area (Å²) in [5.74, 6) is 0.393. The van der Waals surface area contributed by atoms with Crippen LogP contribution in [0.2, 0.25) is 0 Å². The number of nitrogens with zero attached hydrogens (tertiary/aromatic N) is 4. The van der Waals surface area contributed by atoms with Gasteiger partial charge in [-0.3, -0.25) is 9.59 Å². The molecule has 3 aromatic heterocycles. The molecule has 0 radical (unpaired) electrons. The highest BCUT2D eigenvalue weighted by Crippen LogP contribution is 2.41. The lowest BCUT2D eigenvalue weighted by atomic mass is 10.0. The molecule has 0 bridgehead atoms. The van der Waals surface area contributed by atoms with Gasteiger partial charge in [-0.1, -0.05) is 19.0 Å². The van der Waals surface area contributed by atoms with E-state index in [1.54, 1.807) is 48.3 Å². The molecule has 1 aliphatic rings. The van der Waals surface area contributed by atoms with Crippen LogP contribution >= 0.6 is 0 Å². The molecule has 1 aliphatic carbocycles. The zero-order chi connectivity index (χ0) is 22.4. The van der Waals surface area contributed by atoms with Crippen LogP contribution in [0, 0.1) is 0 Å². The van der Waals surface area contributed by atoms with Gasteiger partial charge in [0.25, 0.3) is 11.6 Å². The highest BCUT2D eigenvalue weighted by atomic mass is 16.5. The van der Waals surface area contributed by atoms with Gasteiger partial charge in [0.05, 0.1) is 16.6 Å². The monoisotopic (exact) mass is 429 g/mol. The zero-order valence-corrected chi connectivity index (χ0v) is 18.1. The molecule has 1 amide bonds. The predicted molar refractivity (Wildman–Crippen MR) is 119 cm³/mol. The molecule has 0 atom stereocenters. The molecule has 0 unspecified atom stereocenters. The van der Waals surface area contributed by atoms with E-state index in [0.717, 1.165) is 24.2 Å². The summed E-state index contributed by atoms with van der Waals surface area (Å²) in [6.45, 7) is 4.01. The highest BCUT2D eigenvalue weighted by molar-refractivity contribution is 6.13. The van der Waals surface area contributed by atoms with Crippen LogP contribution in [0.4, 0.5) is 5.69 Å². The van der Waals surface area contributed by atoms with Crippen molar-refractivity contribution in [2.75, 3.05) is 5.32 Å². The second-order valence-corrected chi connectivity index (χ2v) is 8.49. The van der Waals surface area contributed by atoms with Gasteiger partial charge in [-0.25, -0.2) is 9.97 Å². The average Bonchev–Trinajstić information content (AvgIpc) is 3.40. The largest absolute Gasteiger partial charge is 0.335 e. The van der Waals surface area contributed by atoms with E-state index in [2.05, 4.69) is 20.4 Å². The van der Waals surface area contributed by atoms with Crippen LogP contribution < -0.4 is 5.32 Å². The number of hydrogen-bond donors (Lipinski definition) is 1. The van der Waals surface area contributed by atoms with Gasteiger partial charge in [-0.2, -0.15) is 0 Å². The summed E-state index contributed by atoms with van der Waals surface area (Å²) in [5.41, 5.74) is 3.59. The van der Waals surface area contributed by atoms with Gasteiger partial charge in [0.2, 0.25) is 5.78 Å². The Morgan fingerprint density at radius 3 is 2.56 bits per heavy atom. The van der Waals surface area contributed by atoms with Crippen molar-refractivity contribution in [1.29, 1.82) is 0 Å². The first-order valence-corrected chi connectivity index (χ1v) is 10.7. The van der Waals surface area contributed by atoms with E-state index in [0.29, 0.717) is 39.7 Å². The maximum Gasteiger partial charge on any atom is 0.259 e. The lowest BCUT2D eigenvalue weighted by molar-refractivity contribution is 0.102. The molecule has 4 aromatic rings. The zero-order valence-electron chi connectivity index (χ0n) is 18.1. The minimum atomic E-state index is -0.257. The number of hydrogen-bond acceptors (Lipinski definition) is 6. The Bertz CT molecular complexity index is 1330. The SMILES string of the molecule is CC(C)c1noc2nc(C3CC3)cc(C(=O)Nc3ccc(C(=O)c4nccn4C)cc3)c12. The fourth-order valence-corrected chi connectivity index (χ4v) is 3.77. The van der Waals surface area contributed by atoms with Crippen LogP contribution in [-0.2, 0) is 7.05 Å². The molecule has 8 heteroatoms. The third-order valence-corrected chi connectivity index (χ3v) is 5.71. The van der Waals surface area contributed by atoms with E-state index < -0.39 is 0 Å². The van der Waals surface area contributed by atoms with Crippen molar-refractivity contribution in [1.82, 2.24) is 19.7 Å². The summed E-state index contributed by atoms with van der Waals surface area (Å²) >= 11 is 0. The van der Waals surface area contributed by atoms with Crippen molar-refractivity contribution < 1.29 is 14.1 Å². The fourth-order valence-electron chi connectivity index (χ4n) is 3.77. The van der Waals surface area contributed by atoms with Gasteiger partial charge >= 0.3 is 0 Å². The second-order valence-electron chi connectivity index (χ2n) is 8.49. The summed E-state index contributed by atoms with van der Waals surface area (Å²) in [6, 6.07) is 8.65. The molecule has 3 heterocycles. The van der Waals surface area contributed by atoms with E-state index in [1.807, 2.05) is 19.9 Å². The first-order valence-electron chi connectivity index (χ1n) is 10.7. The normalized spacial score (nSPS) is 13.6. The van der Waals surface area contributed by atoms with Crippen molar-refractivity contribution in [2.24, 2.45) is 7.05 Å². The summed E-state index contributed by atoms with van der Waals surface area (Å²) in [6.07, 6.45) is 5.44. The molecule has 162 valence electrons. The molecule has 1 aromatic carbocycles. The second kappa shape index (κ2) is 7.71. The molecule has 0 saturated heterocycles. The Labute approximate surface area is 184 Å². The van der Waals surface area contributed by atoms with Crippen LogP contribution in [0.15, 0.2) is 47.2 Å². The number of aryl methyl sites for hydroxylation is 1. The number of fused-ring (bicyclic) bond motifs is 1. The Balaban J connectivity index is 1.44. The summed E-state index contributed by atoms with van der Waals surface area (Å²) < 4.78 is 7.15. The smallest absolute Gasteiger partial charge is 0.259 e. The van der Waals surface area contributed by atoms with E-state index in [4.69, 9.17) is 4.52 Å². The van der Waals surface area contributed by atoms with Crippen molar-refractivity contribution in [2.45, 2.75) is 38.5 Å². The van der Waals surface area contributed by atoms with Gasteiger partial charge in [-0.15, -0.1) is 0 Å². The third-order valence-electron chi connectivity index (χ3n) is 5.71. The summed E-state index contributed by atoms with van der Waals surface area (Å²) in [5, 5.41) is 7.76. The maximum atomic E-state index is 13.3. The van der Waals surface area contributed by atoms with Crippen LogP contribution in [0.5, 0.6) is 0 Å². The Kier molecular flexibility index (Phi) is 4.84. The number of imidazole rings is 1. The summed E-state index contributed by atoms with van der Waals surface area (Å²) in [7, 11) is 1.77. The number of nitrogens with one attached hydrogen (secondary N) is 1. The van der Waals surface area contributed by atoms with Gasteiger partial charge in [0.1, 0.15) is 0 Å². The van der Waals surface area contributed by atoms with Crippen molar-refractivity contribution >= 4 is 28.5 Å². The van der Waals surface area contributed by atoms with Gasteiger partial charge in [-0.05, 0) is 49.1 Å².